The number of aryl methyl sites for hydroxylation is 2. The maximum atomic E-state index is 9.72. The third-order valence-corrected chi connectivity index (χ3v) is 4.94. The molecule has 172 valence electrons. The van der Waals surface area contributed by atoms with Crippen LogP contribution in [-0.2, 0) is 6.54 Å². The second-order valence-corrected chi connectivity index (χ2v) is 8.09. The van der Waals surface area contributed by atoms with Crippen molar-refractivity contribution in [2.45, 2.75) is 59.3 Å². The van der Waals surface area contributed by atoms with E-state index in [0.717, 1.165) is 36.0 Å². The van der Waals surface area contributed by atoms with Gasteiger partial charge in [-0.15, -0.1) is 10.2 Å². The Morgan fingerprint density at radius 1 is 1.03 bits per heavy atom. The van der Waals surface area contributed by atoms with Crippen molar-refractivity contribution in [2.75, 3.05) is 23.7 Å². The quantitative estimate of drug-likeness (QED) is 0.326. The summed E-state index contributed by atoms with van der Waals surface area (Å²) in [7, 11) is 0. The molecule has 0 aliphatic heterocycles. The maximum absolute atomic E-state index is 9.72. The molecule has 0 radical (unpaired) electrons. The molecule has 2 atom stereocenters. The van der Waals surface area contributed by atoms with Crippen LogP contribution in [0.1, 0.15) is 39.2 Å². The van der Waals surface area contributed by atoms with Gasteiger partial charge in [0.05, 0.1) is 23.2 Å². The fourth-order valence-corrected chi connectivity index (χ4v) is 3.27. The van der Waals surface area contributed by atoms with Crippen molar-refractivity contribution >= 4 is 34.3 Å². The second-order valence-electron chi connectivity index (χ2n) is 8.09. The first-order valence-corrected chi connectivity index (χ1v) is 11.1. The molecule has 0 saturated carbocycles. The van der Waals surface area contributed by atoms with Crippen LogP contribution in [0.4, 0.5) is 23.3 Å². The van der Waals surface area contributed by atoms with Crippen LogP contribution in [0.25, 0.3) is 11.0 Å². The topological polar surface area (TPSA) is 120 Å². The molecule has 3 rings (SSSR count). The van der Waals surface area contributed by atoms with Crippen LogP contribution in [-0.4, -0.2) is 50.0 Å². The van der Waals surface area contributed by atoms with Gasteiger partial charge in [0.2, 0.25) is 5.95 Å². The number of anilines is 2. The summed E-state index contributed by atoms with van der Waals surface area (Å²) in [6.45, 7) is 9.01. The van der Waals surface area contributed by atoms with Gasteiger partial charge in [-0.3, -0.25) is 0 Å². The Morgan fingerprint density at radius 3 is 2.47 bits per heavy atom. The molecule has 0 spiro atoms. The molecule has 0 aliphatic rings. The van der Waals surface area contributed by atoms with Gasteiger partial charge in [-0.05, 0) is 51.0 Å². The molecule has 3 aromatic rings. The third-order valence-electron chi connectivity index (χ3n) is 4.94. The monoisotopic (exact) mass is 439 g/mol. The van der Waals surface area contributed by atoms with E-state index in [2.05, 4.69) is 42.3 Å². The van der Waals surface area contributed by atoms with Crippen molar-refractivity contribution in [3.8, 4) is 0 Å². The van der Waals surface area contributed by atoms with Gasteiger partial charge in [-0.25, -0.2) is 9.97 Å². The summed E-state index contributed by atoms with van der Waals surface area (Å²) in [4.78, 5) is 9.24. The van der Waals surface area contributed by atoms with Crippen molar-refractivity contribution < 1.29 is 10.2 Å². The largest absolute Gasteiger partial charge is 0.392 e. The number of azo groups is 1. The van der Waals surface area contributed by atoms with Crippen molar-refractivity contribution in [1.82, 2.24) is 14.5 Å². The Bertz CT molecular complexity index is 1060. The minimum Gasteiger partial charge on any atom is -0.392 e. The number of aliphatic hydroxyl groups excluding tert-OH is 2. The molecule has 4 N–H and O–H groups in total. The molecule has 0 bridgehead atoms. The van der Waals surface area contributed by atoms with Gasteiger partial charge in [-0.2, -0.15) is 0 Å². The fraction of sp³-hybridized carbons (Fsp3) is 0.478. The standard InChI is InChI=1S/C23H33N7O2/c1-5-6-11-30-19-10-8-7-9-18(19)26-23(30)29-28-21-15(2)12-20(24-13-16(3)31)27-22(21)25-14-17(4)32/h7-10,12,16-17,31-32H,5-6,11,13-14H2,1-4H3,(H2,24,25,27). The highest BCUT2D eigenvalue weighted by molar-refractivity contribution is 5.78. The molecule has 2 heterocycles. The summed E-state index contributed by atoms with van der Waals surface area (Å²) in [5, 5.41) is 34.5. The second kappa shape index (κ2) is 11.0. The summed E-state index contributed by atoms with van der Waals surface area (Å²) < 4.78 is 2.09. The summed E-state index contributed by atoms with van der Waals surface area (Å²) in [6.07, 6.45) is 1.05. The van der Waals surface area contributed by atoms with Gasteiger partial charge in [0, 0.05) is 19.6 Å². The molecule has 9 heteroatoms. The number of para-hydroxylation sites is 2. The van der Waals surface area contributed by atoms with E-state index < -0.39 is 12.2 Å². The molecule has 2 unspecified atom stereocenters. The van der Waals surface area contributed by atoms with Crippen LogP contribution in [0.15, 0.2) is 40.6 Å². The smallest absolute Gasteiger partial charge is 0.250 e. The van der Waals surface area contributed by atoms with E-state index in [-0.39, 0.29) is 0 Å². The van der Waals surface area contributed by atoms with Gasteiger partial charge >= 0.3 is 0 Å². The predicted octanol–water partition coefficient (Wildman–Crippen LogP) is 4.54. The van der Waals surface area contributed by atoms with E-state index in [1.165, 1.54) is 0 Å². The average Bonchev–Trinajstić information content (AvgIpc) is 3.11. The minimum absolute atomic E-state index is 0.323. The number of unbranched alkanes of at least 4 members (excludes halogenated alkanes) is 1. The highest BCUT2D eigenvalue weighted by Crippen LogP contribution is 2.32. The number of nitrogens with one attached hydrogen (secondary N) is 2. The average molecular weight is 440 g/mol. The van der Waals surface area contributed by atoms with Gasteiger partial charge in [-0.1, -0.05) is 25.5 Å². The minimum atomic E-state index is -0.547. The Kier molecular flexibility index (Phi) is 8.13. The number of pyridine rings is 1. The Hall–Kier alpha value is -3.04. The van der Waals surface area contributed by atoms with Crippen LogP contribution in [0.2, 0.25) is 0 Å². The normalized spacial score (nSPS) is 13.6. The summed E-state index contributed by atoms with van der Waals surface area (Å²) in [5.41, 5.74) is 3.37. The zero-order chi connectivity index (χ0) is 23.1. The van der Waals surface area contributed by atoms with Crippen LogP contribution in [0.3, 0.4) is 0 Å². The molecule has 2 aromatic heterocycles. The highest BCUT2D eigenvalue weighted by Gasteiger charge is 2.14. The molecule has 0 aliphatic carbocycles. The van der Waals surface area contributed by atoms with Crippen molar-refractivity contribution in [1.29, 1.82) is 0 Å². The number of aliphatic hydroxyl groups is 2. The first-order chi connectivity index (χ1) is 15.4. The van der Waals surface area contributed by atoms with Crippen LogP contribution in [0.5, 0.6) is 0 Å². The molecule has 0 saturated heterocycles. The van der Waals surface area contributed by atoms with Crippen molar-refractivity contribution in [3.63, 3.8) is 0 Å². The van der Waals surface area contributed by atoms with Crippen LogP contribution >= 0.6 is 0 Å². The number of rotatable bonds is 11. The predicted molar refractivity (Wildman–Crippen MR) is 128 cm³/mol. The van der Waals surface area contributed by atoms with Gasteiger partial charge in [0.15, 0.2) is 5.82 Å². The number of hydrogen-bond acceptors (Lipinski definition) is 8. The number of hydrogen-bond donors (Lipinski definition) is 4. The van der Waals surface area contributed by atoms with Crippen LogP contribution < -0.4 is 10.6 Å². The Labute approximate surface area is 188 Å². The maximum Gasteiger partial charge on any atom is 0.250 e. The number of fused-ring (bicyclic) bond motifs is 1. The SMILES string of the molecule is CCCCn1c(N=Nc2c(C)cc(NCC(C)O)nc2NCC(C)O)nc2ccccc21. The molecule has 0 amide bonds. The molecule has 1 aromatic carbocycles. The molecule has 9 nitrogen and oxygen atoms in total. The lowest BCUT2D eigenvalue weighted by Crippen LogP contribution is -2.18. The van der Waals surface area contributed by atoms with Gasteiger partial charge in [0.25, 0.3) is 0 Å². The lowest BCUT2D eigenvalue weighted by Gasteiger charge is -2.15. The van der Waals surface area contributed by atoms with E-state index in [1.54, 1.807) is 13.8 Å². The summed E-state index contributed by atoms with van der Waals surface area (Å²) >= 11 is 0. The van der Waals surface area contributed by atoms with Crippen molar-refractivity contribution in [3.05, 3.63) is 35.9 Å². The highest BCUT2D eigenvalue weighted by atomic mass is 16.3. The lowest BCUT2D eigenvalue weighted by atomic mass is 10.2. The zero-order valence-corrected chi connectivity index (χ0v) is 19.2. The van der Waals surface area contributed by atoms with E-state index in [1.807, 2.05) is 37.3 Å². The van der Waals surface area contributed by atoms with E-state index >= 15 is 0 Å². The number of nitrogens with zero attached hydrogens (tertiary/aromatic N) is 5. The summed E-state index contributed by atoms with van der Waals surface area (Å²) in [5.74, 6) is 1.68. The summed E-state index contributed by atoms with van der Waals surface area (Å²) in [6, 6.07) is 9.85. The van der Waals surface area contributed by atoms with E-state index in [9.17, 15) is 10.2 Å². The number of aromatic nitrogens is 3. The van der Waals surface area contributed by atoms with E-state index in [4.69, 9.17) is 0 Å². The molecule has 32 heavy (non-hydrogen) atoms. The molecular weight excluding hydrogens is 406 g/mol. The van der Waals surface area contributed by atoms with Gasteiger partial charge in [0.1, 0.15) is 11.5 Å². The molecular formula is C23H33N7O2. The number of imidazole rings is 1. The lowest BCUT2D eigenvalue weighted by molar-refractivity contribution is 0.208. The van der Waals surface area contributed by atoms with Crippen molar-refractivity contribution in [2.24, 2.45) is 10.2 Å². The third kappa shape index (κ3) is 6.02. The Balaban J connectivity index is 1.97. The van der Waals surface area contributed by atoms with Crippen LogP contribution in [0, 0.1) is 6.92 Å². The fourth-order valence-electron chi connectivity index (χ4n) is 3.27. The Morgan fingerprint density at radius 2 is 1.75 bits per heavy atom. The first kappa shape index (κ1) is 23.6. The zero-order valence-electron chi connectivity index (χ0n) is 19.2. The van der Waals surface area contributed by atoms with E-state index in [0.29, 0.717) is 36.4 Å². The molecule has 0 fully saturated rings. The number of benzene rings is 1. The van der Waals surface area contributed by atoms with Gasteiger partial charge < -0.3 is 25.4 Å². The first-order valence-electron chi connectivity index (χ1n) is 11.1.